The molecule has 1 saturated heterocycles. The van der Waals surface area contributed by atoms with Gasteiger partial charge in [0, 0.05) is 22.8 Å². The van der Waals surface area contributed by atoms with Gasteiger partial charge in [0.2, 0.25) is 5.91 Å². The van der Waals surface area contributed by atoms with Crippen molar-refractivity contribution in [2.45, 2.75) is 19.8 Å². The van der Waals surface area contributed by atoms with Crippen molar-refractivity contribution in [3.05, 3.63) is 21.9 Å². The third-order valence-electron chi connectivity index (χ3n) is 3.09. The minimum absolute atomic E-state index is 0.248. The SMILES string of the molecule is Cc1ccc(CC(=O)N2CCC(CN)C2)s1. The molecule has 0 saturated carbocycles. The van der Waals surface area contributed by atoms with Gasteiger partial charge >= 0.3 is 0 Å². The Hall–Kier alpha value is -0.870. The van der Waals surface area contributed by atoms with E-state index in [0.29, 0.717) is 18.9 Å². The molecule has 1 fully saturated rings. The van der Waals surface area contributed by atoms with Crippen LogP contribution in [0.1, 0.15) is 16.2 Å². The zero-order valence-corrected chi connectivity index (χ0v) is 10.4. The van der Waals surface area contributed by atoms with E-state index in [1.807, 2.05) is 11.0 Å². The molecule has 1 aromatic heterocycles. The van der Waals surface area contributed by atoms with E-state index in [4.69, 9.17) is 5.73 Å². The molecule has 1 atom stereocenters. The second kappa shape index (κ2) is 4.97. The lowest BCUT2D eigenvalue weighted by Gasteiger charge is -2.15. The van der Waals surface area contributed by atoms with E-state index in [2.05, 4.69) is 13.0 Å². The fourth-order valence-corrected chi connectivity index (χ4v) is 2.97. The summed E-state index contributed by atoms with van der Waals surface area (Å²) in [6.45, 7) is 4.49. The number of rotatable bonds is 3. The summed E-state index contributed by atoms with van der Waals surface area (Å²) in [6.07, 6.45) is 1.61. The highest BCUT2D eigenvalue weighted by Gasteiger charge is 2.25. The second-order valence-electron chi connectivity index (χ2n) is 4.42. The van der Waals surface area contributed by atoms with Gasteiger partial charge in [0.15, 0.2) is 0 Å². The molecule has 1 amide bonds. The van der Waals surface area contributed by atoms with Gasteiger partial charge in [-0.05, 0) is 37.9 Å². The smallest absolute Gasteiger partial charge is 0.227 e. The number of carbonyl (C=O) groups excluding carboxylic acids is 1. The van der Waals surface area contributed by atoms with Gasteiger partial charge < -0.3 is 10.6 Å². The van der Waals surface area contributed by atoms with Gasteiger partial charge in [0.1, 0.15) is 0 Å². The zero-order chi connectivity index (χ0) is 11.5. The van der Waals surface area contributed by atoms with Crippen LogP contribution in [0.5, 0.6) is 0 Å². The molecule has 1 aliphatic heterocycles. The van der Waals surface area contributed by atoms with E-state index in [1.54, 1.807) is 11.3 Å². The Morgan fingerprint density at radius 2 is 2.44 bits per heavy atom. The molecule has 0 radical (unpaired) electrons. The van der Waals surface area contributed by atoms with Gasteiger partial charge in [-0.25, -0.2) is 0 Å². The maximum Gasteiger partial charge on any atom is 0.227 e. The molecule has 4 heteroatoms. The van der Waals surface area contributed by atoms with Crippen molar-refractivity contribution < 1.29 is 4.79 Å². The second-order valence-corrected chi connectivity index (χ2v) is 5.79. The van der Waals surface area contributed by atoms with Gasteiger partial charge in [-0.1, -0.05) is 0 Å². The van der Waals surface area contributed by atoms with Crippen molar-refractivity contribution in [2.24, 2.45) is 11.7 Å². The van der Waals surface area contributed by atoms with Gasteiger partial charge in [0.05, 0.1) is 6.42 Å². The molecular weight excluding hydrogens is 220 g/mol. The minimum atomic E-state index is 0.248. The molecular formula is C12H18N2OS. The first-order valence-corrected chi connectivity index (χ1v) is 6.54. The lowest BCUT2D eigenvalue weighted by molar-refractivity contribution is -0.129. The fraction of sp³-hybridized carbons (Fsp3) is 0.583. The van der Waals surface area contributed by atoms with Crippen molar-refractivity contribution in [2.75, 3.05) is 19.6 Å². The van der Waals surface area contributed by atoms with E-state index in [-0.39, 0.29) is 5.91 Å². The summed E-state index contributed by atoms with van der Waals surface area (Å²) in [5.41, 5.74) is 5.62. The van der Waals surface area contributed by atoms with Crippen LogP contribution in [0.4, 0.5) is 0 Å². The normalized spacial score (nSPS) is 20.4. The minimum Gasteiger partial charge on any atom is -0.342 e. The molecule has 0 bridgehead atoms. The van der Waals surface area contributed by atoms with Crippen LogP contribution in [0, 0.1) is 12.8 Å². The number of thiophene rings is 1. The summed E-state index contributed by atoms with van der Waals surface area (Å²) < 4.78 is 0. The third-order valence-corrected chi connectivity index (χ3v) is 4.09. The highest BCUT2D eigenvalue weighted by molar-refractivity contribution is 7.12. The maximum absolute atomic E-state index is 12.0. The summed E-state index contributed by atoms with van der Waals surface area (Å²) in [6, 6.07) is 4.12. The highest BCUT2D eigenvalue weighted by atomic mass is 32.1. The average molecular weight is 238 g/mol. The van der Waals surface area contributed by atoms with E-state index < -0.39 is 0 Å². The first-order chi connectivity index (χ1) is 7.69. The Bertz CT molecular complexity index is 375. The van der Waals surface area contributed by atoms with Crippen molar-refractivity contribution in [1.82, 2.24) is 4.90 Å². The maximum atomic E-state index is 12.0. The Morgan fingerprint density at radius 1 is 1.62 bits per heavy atom. The number of carbonyl (C=O) groups is 1. The molecule has 0 aliphatic carbocycles. The summed E-state index contributed by atoms with van der Waals surface area (Å²) in [5.74, 6) is 0.756. The summed E-state index contributed by atoms with van der Waals surface area (Å²) in [5, 5.41) is 0. The molecule has 1 unspecified atom stereocenters. The zero-order valence-electron chi connectivity index (χ0n) is 9.61. The molecule has 16 heavy (non-hydrogen) atoms. The quantitative estimate of drug-likeness (QED) is 0.865. The van der Waals surface area contributed by atoms with Crippen LogP contribution in [0.25, 0.3) is 0 Å². The molecule has 2 N–H and O–H groups in total. The lowest BCUT2D eigenvalue weighted by atomic mass is 10.1. The van der Waals surface area contributed by atoms with Gasteiger partial charge in [-0.15, -0.1) is 11.3 Å². The average Bonchev–Trinajstić information content (AvgIpc) is 2.87. The predicted octanol–water partition coefficient (Wildman–Crippen LogP) is 1.41. The van der Waals surface area contributed by atoms with E-state index >= 15 is 0 Å². The lowest BCUT2D eigenvalue weighted by Crippen LogP contribution is -2.30. The predicted molar refractivity (Wildman–Crippen MR) is 66.5 cm³/mol. The highest BCUT2D eigenvalue weighted by Crippen LogP contribution is 2.19. The number of hydrogen-bond acceptors (Lipinski definition) is 3. The molecule has 1 aromatic rings. The summed E-state index contributed by atoms with van der Waals surface area (Å²) in [7, 11) is 0. The van der Waals surface area contributed by atoms with Crippen LogP contribution in [-0.4, -0.2) is 30.4 Å². The van der Waals surface area contributed by atoms with Crippen LogP contribution in [-0.2, 0) is 11.2 Å². The third kappa shape index (κ3) is 2.62. The number of amides is 1. The van der Waals surface area contributed by atoms with Gasteiger partial charge in [-0.3, -0.25) is 4.79 Å². The van der Waals surface area contributed by atoms with E-state index in [9.17, 15) is 4.79 Å². The van der Waals surface area contributed by atoms with Gasteiger partial charge in [0.25, 0.3) is 0 Å². The molecule has 0 spiro atoms. The van der Waals surface area contributed by atoms with Crippen molar-refractivity contribution in [3.63, 3.8) is 0 Å². The number of hydrogen-bond donors (Lipinski definition) is 1. The molecule has 2 rings (SSSR count). The van der Waals surface area contributed by atoms with Gasteiger partial charge in [-0.2, -0.15) is 0 Å². The van der Waals surface area contributed by atoms with Crippen molar-refractivity contribution in [3.8, 4) is 0 Å². The Morgan fingerprint density at radius 3 is 3.00 bits per heavy atom. The standard InChI is InChI=1S/C12H18N2OS/c1-9-2-3-11(16-9)6-12(15)14-5-4-10(7-13)8-14/h2-3,10H,4-8,13H2,1H3. The first kappa shape index (κ1) is 11.6. The topological polar surface area (TPSA) is 46.3 Å². The molecule has 1 aliphatic rings. The number of likely N-dealkylation sites (tertiary alicyclic amines) is 1. The Balaban J connectivity index is 1.89. The van der Waals surface area contributed by atoms with E-state index in [1.165, 1.54) is 9.75 Å². The monoisotopic (exact) mass is 238 g/mol. The summed E-state index contributed by atoms with van der Waals surface area (Å²) >= 11 is 1.71. The summed E-state index contributed by atoms with van der Waals surface area (Å²) in [4.78, 5) is 16.4. The van der Waals surface area contributed by atoms with Crippen LogP contribution in [0.15, 0.2) is 12.1 Å². The van der Waals surface area contributed by atoms with Crippen LogP contribution < -0.4 is 5.73 Å². The van der Waals surface area contributed by atoms with Crippen LogP contribution in [0.3, 0.4) is 0 Å². The molecule has 88 valence electrons. The van der Waals surface area contributed by atoms with Crippen LogP contribution in [0.2, 0.25) is 0 Å². The first-order valence-electron chi connectivity index (χ1n) is 5.72. The Labute approximate surface area is 100 Å². The molecule has 3 nitrogen and oxygen atoms in total. The fourth-order valence-electron chi connectivity index (χ4n) is 2.09. The van der Waals surface area contributed by atoms with Crippen molar-refractivity contribution in [1.29, 1.82) is 0 Å². The van der Waals surface area contributed by atoms with Crippen molar-refractivity contribution >= 4 is 17.2 Å². The largest absolute Gasteiger partial charge is 0.342 e. The van der Waals surface area contributed by atoms with Crippen LogP contribution >= 0.6 is 11.3 Å². The van der Waals surface area contributed by atoms with E-state index in [0.717, 1.165) is 19.5 Å². The number of nitrogens with two attached hydrogens (primary N) is 1. The Kier molecular flexibility index (Phi) is 3.61. The number of nitrogens with zero attached hydrogens (tertiary/aromatic N) is 1. The number of aryl methyl sites for hydroxylation is 1. The molecule has 0 aromatic carbocycles. The molecule has 2 heterocycles.